The van der Waals surface area contributed by atoms with Crippen LogP contribution in [0.25, 0.3) is 0 Å². The Hall–Kier alpha value is -1.05. The molecular formula is C8H8BrF3N2O2. The van der Waals surface area contributed by atoms with Gasteiger partial charge in [0.15, 0.2) is 6.61 Å². The molecule has 0 saturated heterocycles. The Labute approximate surface area is 97.1 Å². The number of hydrogen-bond donors (Lipinski definition) is 0. The molecule has 4 nitrogen and oxygen atoms in total. The van der Waals surface area contributed by atoms with Crippen molar-refractivity contribution in [2.45, 2.75) is 11.5 Å². The molecular weight excluding hydrogens is 293 g/mol. The Morgan fingerprint density at radius 2 is 2.19 bits per heavy atom. The number of nitrogens with zero attached hydrogens (tertiary/aromatic N) is 2. The normalized spacial score (nSPS) is 11.6. The van der Waals surface area contributed by atoms with Crippen LogP contribution in [0, 0.1) is 0 Å². The van der Waals surface area contributed by atoms with Crippen LogP contribution in [0.1, 0.15) is 5.56 Å². The fourth-order valence-corrected chi connectivity index (χ4v) is 1.49. The predicted molar refractivity (Wildman–Crippen MR) is 53.7 cm³/mol. The van der Waals surface area contributed by atoms with E-state index in [1.165, 1.54) is 7.05 Å². The summed E-state index contributed by atoms with van der Waals surface area (Å²) in [5.41, 5.74) is -0.377. The van der Waals surface area contributed by atoms with Gasteiger partial charge in [-0.25, -0.2) is 4.68 Å². The lowest BCUT2D eigenvalue weighted by Crippen LogP contribution is -2.26. The molecule has 0 bridgehead atoms. The molecule has 0 spiro atoms. The molecule has 0 unspecified atom stereocenters. The van der Waals surface area contributed by atoms with Crippen molar-refractivity contribution in [1.29, 1.82) is 0 Å². The maximum atomic E-state index is 11.9. The average molecular weight is 301 g/mol. The first kappa shape index (κ1) is 13.0. The number of rotatable bonds is 3. The van der Waals surface area contributed by atoms with Crippen molar-refractivity contribution in [3.63, 3.8) is 0 Å². The van der Waals surface area contributed by atoms with E-state index in [1.807, 2.05) is 0 Å². The monoisotopic (exact) mass is 300 g/mol. The molecule has 90 valence electrons. The summed E-state index contributed by atoms with van der Waals surface area (Å²) >= 11 is 3.01. The average Bonchev–Trinajstić information content (AvgIpc) is 2.18. The molecule has 0 fully saturated rings. The summed E-state index contributed by atoms with van der Waals surface area (Å²) in [7, 11) is 1.40. The van der Waals surface area contributed by atoms with Gasteiger partial charge in [0.25, 0.3) is 5.56 Å². The summed E-state index contributed by atoms with van der Waals surface area (Å²) in [4.78, 5) is 11.5. The fourth-order valence-electron chi connectivity index (χ4n) is 0.977. The highest BCUT2D eigenvalue weighted by Gasteiger charge is 2.29. The van der Waals surface area contributed by atoms with E-state index in [4.69, 9.17) is 0 Å². The summed E-state index contributed by atoms with van der Waals surface area (Å²) in [5, 5.41) is 3.69. The first-order valence-corrected chi connectivity index (χ1v) is 5.28. The number of hydrogen-bond acceptors (Lipinski definition) is 3. The van der Waals surface area contributed by atoms with Gasteiger partial charge in [-0.05, 0) is 0 Å². The van der Waals surface area contributed by atoms with Crippen LogP contribution in [0.2, 0.25) is 0 Å². The van der Waals surface area contributed by atoms with Crippen LogP contribution in [0.15, 0.2) is 11.0 Å². The molecule has 0 amide bonds. The minimum absolute atomic E-state index is 0.107. The Balaban J connectivity index is 2.97. The second-order valence-corrected chi connectivity index (χ2v) is 3.51. The lowest BCUT2D eigenvalue weighted by atomic mass is 10.3. The molecule has 0 aromatic carbocycles. The van der Waals surface area contributed by atoms with E-state index in [-0.39, 0.29) is 16.6 Å². The fraction of sp³-hybridized carbons (Fsp3) is 0.500. The van der Waals surface area contributed by atoms with Crippen LogP contribution in [0.3, 0.4) is 0 Å². The summed E-state index contributed by atoms with van der Waals surface area (Å²) in [5.74, 6) is -0.155. The van der Waals surface area contributed by atoms with Gasteiger partial charge in [-0.3, -0.25) is 4.79 Å². The van der Waals surface area contributed by atoms with E-state index in [2.05, 4.69) is 25.8 Å². The van der Waals surface area contributed by atoms with Crippen LogP contribution >= 0.6 is 15.9 Å². The third-order valence-electron chi connectivity index (χ3n) is 1.72. The molecule has 1 heterocycles. The Morgan fingerprint density at radius 3 is 2.69 bits per heavy atom. The Kier molecular flexibility index (Phi) is 3.95. The quantitative estimate of drug-likeness (QED) is 0.797. The molecule has 1 aromatic heterocycles. The van der Waals surface area contributed by atoms with Crippen molar-refractivity contribution in [2.24, 2.45) is 7.05 Å². The smallest absolute Gasteiger partial charge is 0.422 e. The number of halogens is 4. The van der Waals surface area contributed by atoms with E-state index in [9.17, 15) is 18.0 Å². The molecule has 0 aliphatic carbocycles. The Morgan fingerprint density at radius 1 is 1.56 bits per heavy atom. The summed E-state index contributed by atoms with van der Waals surface area (Å²) in [6.45, 7) is -1.44. The molecule has 16 heavy (non-hydrogen) atoms. The largest absolute Gasteiger partial charge is 0.482 e. The van der Waals surface area contributed by atoms with Crippen molar-refractivity contribution < 1.29 is 17.9 Å². The maximum Gasteiger partial charge on any atom is 0.422 e. The van der Waals surface area contributed by atoms with Gasteiger partial charge in [-0.1, -0.05) is 15.9 Å². The van der Waals surface area contributed by atoms with Gasteiger partial charge < -0.3 is 4.74 Å². The molecule has 0 aliphatic heterocycles. The minimum atomic E-state index is -4.44. The maximum absolute atomic E-state index is 11.9. The predicted octanol–water partition coefficient (Wildman–Crippen LogP) is 1.62. The van der Waals surface area contributed by atoms with Crippen molar-refractivity contribution in [2.75, 3.05) is 6.61 Å². The van der Waals surface area contributed by atoms with Crippen LogP contribution in [0.4, 0.5) is 13.2 Å². The number of alkyl halides is 4. The van der Waals surface area contributed by atoms with Crippen molar-refractivity contribution in [1.82, 2.24) is 9.78 Å². The van der Waals surface area contributed by atoms with Gasteiger partial charge in [-0.15, -0.1) is 0 Å². The van der Waals surface area contributed by atoms with Gasteiger partial charge in [0, 0.05) is 12.4 Å². The number of ether oxygens (including phenoxy) is 1. The molecule has 0 saturated carbocycles. The first-order chi connectivity index (χ1) is 7.35. The highest BCUT2D eigenvalue weighted by molar-refractivity contribution is 9.08. The zero-order valence-electron chi connectivity index (χ0n) is 8.21. The van der Waals surface area contributed by atoms with Crippen molar-refractivity contribution >= 4 is 15.9 Å². The van der Waals surface area contributed by atoms with Crippen LogP contribution in [0.5, 0.6) is 5.75 Å². The standard InChI is InChI=1S/C8H8BrF3N2O2/c1-14-7(15)5(2-9)6(3-13-14)16-4-8(10,11)12/h3H,2,4H2,1H3. The molecule has 0 aliphatic rings. The second kappa shape index (κ2) is 4.86. The van der Waals surface area contributed by atoms with Gasteiger partial charge in [0.2, 0.25) is 0 Å². The zero-order valence-corrected chi connectivity index (χ0v) is 9.80. The molecule has 8 heteroatoms. The van der Waals surface area contributed by atoms with Crippen LogP contribution in [-0.4, -0.2) is 22.6 Å². The molecule has 1 rings (SSSR count). The molecule has 0 atom stereocenters. The van der Waals surface area contributed by atoms with E-state index in [0.717, 1.165) is 10.9 Å². The summed E-state index contributed by atoms with van der Waals surface area (Å²) in [6.07, 6.45) is -3.35. The van der Waals surface area contributed by atoms with Gasteiger partial charge in [-0.2, -0.15) is 18.3 Å². The molecule has 0 N–H and O–H groups in total. The van der Waals surface area contributed by atoms with Crippen LogP contribution in [-0.2, 0) is 12.4 Å². The highest BCUT2D eigenvalue weighted by Crippen LogP contribution is 2.20. The summed E-state index contributed by atoms with van der Waals surface area (Å²) in [6, 6.07) is 0. The lowest BCUT2D eigenvalue weighted by molar-refractivity contribution is -0.153. The van der Waals surface area contributed by atoms with E-state index >= 15 is 0 Å². The SMILES string of the molecule is Cn1ncc(OCC(F)(F)F)c(CBr)c1=O. The minimum Gasteiger partial charge on any atom is -0.482 e. The topological polar surface area (TPSA) is 44.1 Å². The Bertz CT molecular complexity index is 430. The third kappa shape index (κ3) is 3.22. The molecule has 1 aromatic rings. The van der Waals surface area contributed by atoms with E-state index in [1.54, 1.807) is 0 Å². The zero-order chi connectivity index (χ0) is 12.3. The van der Waals surface area contributed by atoms with E-state index < -0.39 is 18.3 Å². The van der Waals surface area contributed by atoms with Gasteiger partial charge in [0.1, 0.15) is 5.75 Å². The number of aryl methyl sites for hydroxylation is 1. The second-order valence-electron chi connectivity index (χ2n) is 2.95. The van der Waals surface area contributed by atoms with Crippen LogP contribution < -0.4 is 10.3 Å². The van der Waals surface area contributed by atoms with Crippen molar-refractivity contribution in [3.05, 3.63) is 22.1 Å². The third-order valence-corrected chi connectivity index (χ3v) is 2.28. The van der Waals surface area contributed by atoms with E-state index in [0.29, 0.717) is 0 Å². The number of aromatic nitrogens is 2. The van der Waals surface area contributed by atoms with Gasteiger partial charge >= 0.3 is 6.18 Å². The first-order valence-electron chi connectivity index (χ1n) is 4.16. The highest BCUT2D eigenvalue weighted by atomic mass is 79.9. The lowest BCUT2D eigenvalue weighted by Gasteiger charge is -2.11. The van der Waals surface area contributed by atoms with Crippen molar-refractivity contribution in [3.8, 4) is 5.75 Å². The summed E-state index contributed by atoms with van der Waals surface area (Å²) < 4.78 is 41.3. The molecule has 0 radical (unpaired) electrons. The van der Waals surface area contributed by atoms with Gasteiger partial charge in [0.05, 0.1) is 11.8 Å².